The highest BCUT2D eigenvalue weighted by Gasteiger charge is 2.16. The topological polar surface area (TPSA) is 69.2 Å². The zero-order valence-electron chi connectivity index (χ0n) is 11.3. The first-order valence-electron chi connectivity index (χ1n) is 6.04. The molecule has 0 aliphatic carbocycles. The number of nitrogens with one attached hydrogen (secondary N) is 1. The Hall–Kier alpha value is -2.10. The molecule has 1 amide bonds. The molecule has 0 spiro atoms. The second-order valence-electron chi connectivity index (χ2n) is 4.35. The van der Waals surface area contributed by atoms with Crippen molar-refractivity contribution in [3.8, 4) is 11.8 Å². The van der Waals surface area contributed by atoms with E-state index in [0.717, 1.165) is 16.1 Å². The number of aromatic nitrogens is 2. The Morgan fingerprint density at radius 1 is 1.60 bits per heavy atom. The van der Waals surface area contributed by atoms with Gasteiger partial charge in [0.15, 0.2) is 0 Å². The zero-order chi connectivity index (χ0) is 14.5. The first-order valence-corrected chi connectivity index (χ1v) is 6.92. The van der Waals surface area contributed by atoms with Crippen LogP contribution < -0.4 is 0 Å². The number of aliphatic hydroxyl groups excluding tert-OH is 1. The van der Waals surface area contributed by atoms with Crippen LogP contribution in [0.4, 0.5) is 0 Å². The van der Waals surface area contributed by atoms with Crippen molar-refractivity contribution in [1.82, 2.24) is 15.1 Å². The van der Waals surface area contributed by atoms with E-state index in [1.807, 2.05) is 18.4 Å². The van der Waals surface area contributed by atoms with Crippen LogP contribution in [0.15, 0.2) is 17.6 Å². The molecule has 0 unspecified atom stereocenters. The number of rotatable bonds is 3. The number of carbonyl (C=O) groups excluding carboxylic acids is 1. The highest BCUT2D eigenvalue weighted by Crippen LogP contribution is 2.16. The fourth-order valence-electron chi connectivity index (χ4n) is 1.77. The third kappa shape index (κ3) is 3.26. The molecule has 0 atom stereocenters. The predicted octanol–water partition coefficient (Wildman–Crippen LogP) is 1.40. The van der Waals surface area contributed by atoms with Gasteiger partial charge in [0.05, 0.1) is 16.6 Å². The summed E-state index contributed by atoms with van der Waals surface area (Å²) in [5.74, 6) is 5.40. The van der Waals surface area contributed by atoms with Crippen LogP contribution in [0, 0.1) is 18.8 Å². The van der Waals surface area contributed by atoms with Crippen molar-refractivity contribution in [3.05, 3.63) is 39.3 Å². The number of aromatic amines is 1. The van der Waals surface area contributed by atoms with E-state index in [2.05, 4.69) is 22.0 Å². The van der Waals surface area contributed by atoms with Crippen LogP contribution in [0.3, 0.4) is 0 Å². The lowest BCUT2D eigenvalue weighted by molar-refractivity contribution is 0.0784. The van der Waals surface area contributed by atoms with E-state index in [1.54, 1.807) is 18.1 Å². The maximum Gasteiger partial charge on any atom is 0.257 e. The number of carbonyl (C=O) groups is 1. The van der Waals surface area contributed by atoms with Gasteiger partial charge >= 0.3 is 0 Å². The first kappa shape index (κ1) is 14.3. The van der Waals surface area contributed by atoms with Crippen molar-refractivity contribution in [3.63, 3.8) is 0 Å². The molecule has 0 aliphatic rings. The second kappa shape index (κ2) is 6.37. The monoisotopic (exact) mass is 289 g/mol. The molecule has 2 rings (SSSR count). The number of nitrogens with zero attached hydrogens (tertiary/aromatic N) is 2. The fraction of sp³-hybridized carbons (Fsp3) is 0.286. The van der Waals surface area contributed by atoms with Gasteiger partial charge in [0.1, 0.15) is 6.61 Å². The van der Waals surface area contributed by atoms with Crippen molar-refractivity contribution in [1.29, 1.82) is 0 Å². The van der Waals surface area contributed by atoms with Crippen molar-refractivity contribution >= 4 is 17.2 Å². The number of aliphatic hydroxyl groups is 1. The molecular weight excluding hydrogens is 274 g/mol. The summed E-state index contributed by atoms with van der Waals surface area (Å²) >= 11 is 1.50. The molecule has 2 heterocycles. The molecule has 0 aliphatic heterocycles. The van der Waals surface area contributed by atoms with Crippen LogP contribution in [0.5, 0.6) is 0 Å². The molecule has 0 fully saturated rings. The zero-order valence-corrected chi connectivity index (χ0v) is 12.1. The summed E-state index contributed by atoms with van der Waals surface area (Å²) in [4.78, 5) is 14.7. The summed E-state index contributed by atoms with van der Waals surface area (Å²) < 4.78 is 0. The van der Waals surface area contributed by atoms with Crippen molar-refractivity contribution in [2.24, 2.45) is 0 Å². The van der Waals surface area contributed by atoms with E-state index in [0.29, 0.717) is 12.1 Å². The summed E-state index contributed by atoms with van der Waals surface area (Å²) in [6.45, 7) is 2.19. The number of amides is 1. The third-order valence-corrected chi connectivity index (χ3v) is 3.67. The molecule has 2 N–H and O–H groups in total. The molecule has 0 bridgehead atoms. The van der Waals surface area contributed by atoms with Crippen molar-refractivity contribution in [2.45, 2.75) is 13.5 Å². The van der Waals surface area contributed by atoms with Gasteiger partial charge in [0.2, 0.25) is 0 Å². The first-order chi connectivity index (χ1) is 9.61. The smallest absolute Gasteiger partial charge is 0.257 e. The molecular formula is C14H15N3O2S. The molecule has 0 aromatic carbocycles. The summed E-state index contributed by atoms with van der Waals surface area (Å²) in [6.07, 6.45) is 1.54. The third-order valence-electron chi connectivity index (χ3n) is 2.77. The Morgan fingerprint density at radius 3 is 3.05 bits per heavy atom. The van der Waals surface area contributed by atoms with Gasteiger partial charge in [-0.3, -0.25) is 9.89 Å². The Kier molecular flexibility index (Phi) is 4.56. The lowest BCUT2D eigenvalue weighted by Crippen LogP contribution is -2.26. The fourth-order valence-corrected chi connectivity index (χ4v) is 2.54. The quantitative estimate of drug-likeness (QED) is 0.839. The van der Waals surface area contributed by atoms with Gasteiger partial charge in [0.25, 0.3) is 5.91 Å². The van der Waals surface area contributed by atoms with Crippen LogP contribution in [0.2, 0.25) is 0 Å². The van der Waals surface area contributed by atoms with Gasteiger partial charge in [-0.25, -0.2) is 0 Å². The maximum absolute atomic E-state index is 12.2. The van der Waals surface area contributed by atoms with E-state index in [1.165, 1.54) is 11.3 Å². The molecule has 5 nitrogen and oxygen atoms in total. The average molecular weight is 289 g/mol. The minimum Gasteiger partial charge on any atom is -0.384 e. The largest absolute Gasteiger partial charge is 0.384 e. The number of hydrogen-bond acceptors (Lipinski definition) is 4. The Balaban J connectivity index is 2.04. The lowest BCUT2D eigenvalue weighted by Gasteiger charge is -2.15. The molecule has 2 aromatic heterocycles. The minimum absolute atomic E-state index is 0.0644. The maximum atomic E-state index is 12.2. The van der Waals surface area contributed by atoms with E-state index < -0.39 is 0 Å². The van der Waals surface area contributed by atoms with Gasteiger partial charge in [-0.1, -0.05) is 11.8 Å². The van der Waals surface area contributed by atoms with Gasteiger partial charge in [-0.15, -0.1) is 11.3 Å². The van der Waals surface area contributed by atoms with Crippen molar-refractivity contribution in [2.75, 3.05) is 13.7 Å². The van der Waals surface area contributed by atoms with Gasteiger partial charge in [-0.2, -0.15) is 5.10 Å². The summed E-state index contributed by atoms with van der Waals surface area (Å²) in [5, 5.41) is 17.2. The lowest BCUT2D eigenvalue weighted by atomic mass is 10.2. The number of aryl methyl sites for hydroxylation is 1. The average Bonchev–Trinajstić information content (AvgIpc) is 3.04. The van der Waals surface area contributed by atoms with Crippen LogP contribution in [0.1, 0.15) is 26.5 Å². The SMILES string of the molecule is Cc1[nH]ncc1C(=O)N(C)Cc1csc(C#CCO)c1. The van der Waals surface area contributed by atoms with Gasteiger partial charge in [-0.05, 0) is 23.9 Å². The Morgan fingerprint density at radius 2 is 2.40 bits per heavy atom. The second-order valence-corrected chi connectivity index (χ2v) is 5.26. The Bertz CT molecular complexity index is 663. The predicted molar refractivity (Wildman–Crippen MR) is 77.4 cm³/mol. The molecule has 20 heavy (non-hydrogen) atoms. The summed E-state index contributed by atoms with van der Waals surface area (Å²) in [7, 11) is 1.76. The number of thiophene rings is 1. The van der Waals surface area contributed by atoms with Gasteiger partial charge in [0, 0.05) is 19.3 Å². The summed E-state index contributed by atoms with van der Waals surface area (Å²) in [5.41, 5.74) is 2.37. The van der Waals surface area contributed by atoms with E-state index in [9.17, 15) is 4.79 Å². The molecule has 6 heteroatoms. The van der Waals surface area contributed by atoms with Gasteiger partial charge < -0.3 is 10.0 Å². The standard InChI is InChI=1S/C14H15N3O2S/c1-10-13(7-15-16-10)14(19)17(2)8-11-6-12(20-9-11)4-3-5-18/h6-7,9,18H,5,8H2,1-2H3,(H,15,16). The van der Waals surface area contributed by atoms with Crippen LogP contribution in [0.25, 0.3) is 0 Å². The summed E-state index contributed by atoms with van der Waals surface area (Å²) in [6, 6.07) is 1.93. The molecule has 0 saturated heterocycles. The molecule has 2 aromatic rings. The normalized spacial score (nSPS) is 9.95. The van der Waals surface area contributed by atoms with Crippen LogP contribution >= 0.6 is 11.3 Å². The van der Waals surface area contributed by atoms with E-state index in [4.69, 9.17) is 5.11 Å². The minimum atomic E-state index is -0.147. The Labute approximate surface area is 121 Å². The highest BCUT2D eigenvalue weighted by atomic mass is 32.1. The number of H-pyrrole nitrogens is 1. The van der Waals surface area contributed by atoms with E-state index in [-0.39, 0.29) is 12.5 Å². The van der Waals surface area contributed by atoms with E-state index >= 15 is 0 Å². The van der Waals surface area contributed by atoms with Crippen LogP contribution in [-0.2, 0) is 6.54 Å². The molecule has 0 radical (unpaired) electrons. The number of hydrogen-bond donors (Lipinski definition) is 2. The molecule has 104 valence electrons. The van der Waals surface area contributed by atoms with Crippen molar-refractivity contribution < 1.29 is 9.90 Å². The molecule has 0 saturated carbocycles. The van der Waals surface area contributed by atoms with Crippen LogP contribution in [-0.4, -0.2) is 39.8 Å². The highest BCUT2D eigenvalue weighted by molar-refractivity contribution is 7.10.